The zero-order valence-corrected chi connectivity index (χ0v) is 19.5. The predicted octanol–water partition coefficient (Wildman–Crippen LogP) is 2.36. The number of aryl methyl sites for hydroxylation is 1. The normalized spacial score (nSPS) is 15.6. The van der Waals surface area contributed by atoms with Gasteiger partial charge in [0.1, 0.15) is 12.1 Å². The van der Waals surface area contributed by atoms with Gasteiger partial charge in [0.2, 0.25) is 5.78 Å². The van der Waals surface area contributed by atoms with Crippen LogP contribution in [0.25, 0.3) is 5.69 Å². The molecule has 0 atom stereocenters. The standard InChI is InChI=1S/C26H27N5O4/c1-16-5-6-18(25(33)29-20-7-8-20)14-21(16)31-15-28-22(24(31)27)23(32)17-3-2-4-19(13-17)26(34)30-9-11-35-12-10-30/h2-6,13-15,20H,7-12,27H2,1H3,(H,29,33). The molecule has 180 valence electrons. The molecule has 0 spiro atoms. The number of nitrogens with zero attached hydrogens (tertiary/aromatic N) is 3. The Morgan fingerprint density at radius 2 is 1.77 bits per heavy atom. The minimum absolute atomic E-state index is 0.0909. The summed E-state index contributed by atoms with van der Waals surface area (Å²) in [6, 6.07) is 12.2. The number of hydrogen-bond donors (Lipinski definition) is 2. The van der Waals surface area contributed by atoms with Crippen LogP contribution in [0, 0.1) is 6.92 Å². The monoisotopic (exact) mass is 473 g/mol. The number of nitrogen functional groups attached to an aromatic ring is 1. The third-order valence-corrected chi connectivity index (χ3v) is 6.33. The van der Waals surface area contributed by atoms with Crippen LogP contribution in [0.3, 0.4) is 0 Å². The van der Waals surface area contributed by atoms with E-state index in [4.69, 9.17) is 10.5 Å². The molecule has 2 fully saturated rings. The Morgan fingerprint density at radius 1 is 1.03 bits per heavy atom. The van der Waals surface area contributed by atoms with Gasteiger partial charge in [-0.15, -0.1) is 0 Å². The molecule has 0 radical (unpaired) electrons. The zero-order valence-electron chi connectivity index (χ0n) is 19.5. The lowest BCUT2D eigenvalue weighted by atomic mass is 10.0. The summed E-state index contributed by atoms with van der Waals surface area (Å²) in [5, 5.41) is 2.98. The lowest BCUT2D eigenvalue weighted by Gasteiger charge is -2.26. The molecule has 9 heteroatoms. The molecular weight excluding hydrogens is 446 g/mol. The van der Waals surface area contributed by atoms with Crippen LogP contribution in [0.1, 0.15) is 55.2 Å². The van der Waals surface area contributed by atoms with Crippen LogP contribution in [0.2, 0.25) is 0 Å². The predicted molar refractivity (Wildman–Crippen MR) is 130 cm³/mol. The van der Waals surface area contributed by atoms with Crippen molar-refractivity contribution >= 4 is 23.4 Å². The van der Waals surface area contributed by atoms with Gasteiger partial charge in [-0.3, -0.25) is 19.0 Å². The van der Waals surface area contributed by atoms with E-state index in [1.807, 2.05) is 13.0 Å². The first kappa shape index (κ1) is 22.8. The van der Waals surface area contributed by atoms with Gasteiger partial charge < -0.3 is 20.7 Å². The van der Waals surface area contributed by atoms with Gasteiger partial charge in [-0.05, 0) is 49.6 Å². The number of rotatable bonds is 6. The van der Waals surface area contributed by atoms with Crippen molar-refractivity contribution in [1.82, 2.24) is 19.8 Å². The van der Waals surface area contributed by atoms with Crippen LogP contribution in [0.5, 0.6) is 0 Å². The summed E-state index contributed by atoms with van der Waals surface area (Å²) >= 11 is 0. The van der Waals surface area contributed by atoms with Crippen LogP contribution in [-0.4, -0.2) is 64.4 Å². The fourth-order valence-electron chi connectivity index (χ4n) is 4.11. The molecule has 2 heterocycles. The van der Waals surface area contributed by atoms with Gasteiger partial charge in [0, 0.05) is 35.8 Å². The quantitative estimate of drug-likeness (QED) is 0.531. The summed E-state index contributed by atoms with van der Waals surface area (Å²) in [4.78, 5) is 44.6. The Morgan fingerprint density at radius 3 is 2.51 bits per heavy atom. The maximum atomic E-state index is 13.3. The molecular formula is C26H27N5O4. The summed E-state index contributed by atoms with van der Waals surface area (Å²) in [6.45, 7) is 3.94. The second-order valence-electron chi connectivity index (χ2n) is 8.91. The molecule has 5 rings (SSSR count). The lowest BCUT2D eigenvalue weighted by molar-refractivity contribution is 0.0303. The first-order valence-electron chi connectivity index (χ1n) is 11.7. The summed E-state index contributed by atoms with van der Waals surface area (Å²) in [5.74, 6) is -0.482. The van der Waals surface area contributed by atoms with Crippen molar-refractivity contribution in [2.75, 3.05) is 32.0 Å². The van der Waals surface area contributed by atoms with E-state index in [1.54, 1.807) is 45.9 Å². The average molecular weight is 474 g/mol. The minimum Gasteiger partial charge on any atom is -0.383 e. The van der Waals surface area contributed by atoms with Gasteiger partial charge in [-0.2, -0.15) is 0 Å². The molecule has 9 nitrogen and oxygen atoms in total. The van der Waals surface area contributed by atoms with Crippen LogP contribution in [-0.2, 0) is 4.74 Å². The maximum absolute atomic E-state index is 13.3. The minimum atomic E-state index is -0.377. The smallest absolute Gasteiger partial charge is 0.254 e. The van der Waals surface area contributed by atoms with Crippen LogP contribution in [0.15, 0.2) is 48.8 Å². The molecule has 1 aliphatic heterocycles. The van der Waals surface area contributed by atoms with E-state index in [0.29, 0.717) is 48.7 Å². The van der Waals surface area contributed by atoms with E-state index in [-0.39, 0.29) is 35.2 Å². The molecule has 1 aromatic heterocycles. The van der Waals surface area contributed by atoms with E-state index < -0.39 is 0 Å². The van der Waals surface area contributed by atoms with E-state index in [1.165, 1.54) is 6.33 Å². The highest BCUT2D eigenvalue weighted by molar-refractivity contribution is 6.11. The number of hydrogen-bond acceptors (Lipinski definition) is 6. The second-order valence-corrected chi connectivity index (χ2v) is 8.91. The SMILES string of the molecule is Cc1ccc(C(=O)NC2CC2)cc1-n1cnc(C(=O)c2cccc(C(=O)N3CCOCC3)c2)c1N. The third kappa shape index (κ3) is 4.67. The van der Waals surface area contributed by atoms with Crippen molar-refractivity contribution in [2.24, 2.45) is 0 Å². The van der Waals surface area contributed by atoms with Crippen molar-refractivity contribution in [3.63, 3.8) is 0 Å². The van der Waals surface area contributed by atoms with Gasteiger partial charge >= 0.3 is 0 Å². The number of nitrogens with one attached hydrogen (secondary N) is 1. The molecule has 35 heavy (non-hydrogen) atoms. The van der Waals surface area contributed by atoms with E-state index in [0.717, 1.165) is 18.4 Å². The molecule has 1 saturated carbocycles. The topological polar surface area (TPSA) is 120 Å². The first-order valence-corrected chi connectivity index (χ1v) is 11.7. The largest absolute Gasteiger partial charge is 0.383 e. The molecule has 2 amide bonds. The molecule has 3 N–H and O–H groups in total. The van der Waals surface area contributed by atoms with Crippen molar-refractivity contribution in [1.29, 1.82) is 0 Å². The number of amides is 2. The number of carbonyl (C=O) groups excluding carboxylic acids is 3. The highest BCUT2D eigenvalue weighted by atomic mass is 16.5. The number of aromatic nitrogens is 2. The number of imidazole rings is 1. The average Bonchev–Trinajstić information content (AvgIpc) is 3.62. The summed E-state index contributed by atoms with van der Waals surface area (Å²) in [7, 11) is 0. The van der Waals surface area contributed by atoms with Gasteiger partial charge in [0.15, 0.2) is 5.69 Å². The van der Waals surface area contributed by atoms with Crippen LogP contribution in [0.4, 0.5) is 5.82 Å². The molecule has 1 aliphatic carbocycles. The van der Waals surface area contributed by atoms with Crippen molar-refractivity contribution in [3.8, 4) is 5.69 Å². The van der Waals surface area contributed by atoms with Crippen molar-refractivity contribution in [3.05, 3.63) is 76.7 Å². The Kier molecular flexibility index (Phi) is 6.08. The van der Waals surface area contributed by atoms with Gasteiger partial charge in [0.25, 0.3) is 11.8 Å². The summed E-state index contributed by atoms with van der Waals surface area (Å²) in [6.07, 6.45) is 3.49. The molecule has 3 aromatic rings. The van der Waals surface area contributed by atoms with Gasteiger partial charge in [-0.1, -0.05) is 18.2 Å². The Labute approximate surface area is 202 Å². The number of ether oxygens (including phenoxy) is 1. The maximum Gasteiger partial charge on any atom is 0.254 e. The Hall–Kier alpha value is -3.98. The Balaban J connectivity index is 1.41. The zero-order chi connectivity index (χ0) is 24.5. The molecule has 1 saturated heterocycles. The lowest BCUT2D eigenvalue weighted by Crippen LogP contribution is -2.40. The van der Waals surface area contributed by atoms with Crippen LogP contribution >= 0.6 is 0 Å². The number of carbonyl (C=O) groups is 3. The van der Waals surface area contributed by atoms with Crippen molar-refractivity contribution in [2.45, 2.75) is 25.8 Å². The highest BCUT2D eigenvalue weighted by Gasteiger charge is 2.25. The molecule has 0 unspecified atom stereocenters. The van der Waals surface area contributed by atoms with Crippen molar-refractivity contribution < 1.29 is 19.1 Å². The molecule has 0 bridgehead atoms. The number of nitrogens with two attached hydrogens (primary N) is 1. The van der Waals surface area contributed by atoms with E-state index in [2.05, 4.69) is 10.3 Å². The Bertz CT molecular complexity index is 1300. The fourth-order valence-corrected chi connectivity index (χ4v) is 4.11. The highest BCUT2D eigenvalue weighted by Crippen LogP contribution is 2.25. The van der Waals surface area contributed by atoms with E-state index >= 15 is 0 Å². The summed E-state index contributed by atoms with van der Waals surface area (Å²) in [5.41, 5.74) is 9.29. The fraction of sp³-hybridized carbons (Fsp3) is 0.308. The number of ketones is 1. The van der Waals surface area contributed by atoms with Crippen LogP contribution < -0.4 is 11.1 Å². The van der Waals surface area contributed by atoms with E-state index in [9.17, 15) is 14.4 Å². The number of benzene rings is 2. The van der Waals surface area contributed by atoms with Gasteiger partial charge in [-0.25, -0.2) is 4.98 Å². The number of morpholine rings is 1. The number of anilines is 1. The molecule has 2 aliphatic rings. The first-order chi connectivity index (χ1) is 16.9. The second kappa shape index (κ2) is 9.34. The summed E-state index contributed by atoms with van der Waals surface area (Å²) < 4.78 is 6.92. The third-order valence-electron chi connectivity index (χ3n) is 6.33. The van der Waals surface area contributed by atoms with Gasteiger partial charge in [0.05, 0.1) is 18.9 Å². The molecule has 2 aromatic carbocycles.